The van der Waals surface area contributed by atoms with Crippen molar-refractivity contribution in [3.63, 3.8) is 0 Å². The van der Waals surface area contributed by atoms with Crippen molar-refractivity contribution in [1.82, 2.24) is 8.61 Å². The molecule has 2 fully saturated rings. The van der Waals surface area contributed by atoms with Crippen LogP contribution in [-0.2, 0) is 10.2 Å². The van der Waals surface area contributed by atoms with Crippen LogP contribution in [0.2, 0.25) is 0 Å². The van der Waals surface area contributed by atoms with Crippen molar-refractivity contribution < 1.29 is 13.5 Å². The van der Waals surface area contributed by atoms with Gasteiger partial charge in [0.25, 0.3) is 10.2 Å². The fourth-order valence-electron chi connectivity index (χ4n) is 1.96. The highest BCUT2D eigenvalue weighted by molar-refractivity contribution is 7.86. The topological polar surface area (TPSA) is 60.9 Å². The van der Waals surface area contributed by atoms with Crippen LogP contribution in [0.4, 0.5) is 0 Å². The molecule has 0 radical (unpaired) electrons. The smallest absolute Gasteiger partial charge is 0.282 e. The third-order valence-electron chi connectivity index (χ3n) is 2.75. The summed E-state index contributed by atoms with van der Waals surface area (Å²) < 4.78 is 26.5. The first-order valence-corrected chi connectivity index (χ1v) is 6.29. The van der Waals surface area contributed by atoms with E-state index in [1.165, 1.54) is 8.61 Å². The molecule has 0 unspecified atom stereocenters. The molecule has 2 aliphatic rings. The monoisotopic (exact) mass is 220 g/mol. The molecule has 0 saturated carbocycles. The molecule has 1 N–H and O–H groups in total. The maximum Gasteiger partial charge on any atom is 0.282 e. The molecule has 2 saturated heterocycles. The van der Waals surface area contributed by atoms with Gasteiger partial charge in [-0.1, -0.05) is 0 Å². The average Bonchev–Trinajstić information content (AvgIpc) is 2.51. The molecule has 14 heavy (non-hydrogen) atoms. The van der Waals surface area contributed by atoms with Gasteiger partial charge in [-0.25, -0.2) is 0 Å². The summed E-state index contributed by atoms with van der Waals surface area (Å²) in [7, 11) is -3.27. The van der Waals surface area contributed by atoms with Crippen molar-refractivity contribution >= 4 is 10.2 Å². The highest BCUT2D eigenvalue weighted by Crippen LogP contribution is 2.26. The van der Waals surface area contributed by atoms with E-state index in [0.29, 0.717) is 13.1 Å². The van der Waals surface area contributed by atoms with Crippen LogP contribution in [0.25, 0.3) is 0 Å². The first kappa shape index (κ1) is 10.4. The number of aliphatic hydroxyl groups is 1. The van der Waals surface area contributed by atoms with E-state index >= 15 is 0 Å². The fraction of sp³-hybridized carbons (Fsp3) is 1.00. The van der Waals surface area contributed by atoms with Gasteiger partial charge in [0.05, 0.1) is 5.60 Å². The van der Waals surface area contributed by atoms with Gasteiger partial charge >= 0.3 is 0 Å². The molecule has 0 aromatic heterocycles. The maximum absolute atomic E-state index is 11.8. The van der Waals surface area contributed by atoms with Crippen LogP contribution in [-0.4, -0.2) is 53.9 Å². The first-order valence-electron chi connectivity index (χ1n) is 4.89. The van der Waals surface area contributed by atoms with Gasteiger partial charge in [-0.3, -0.25) is 0 Å². The molecule has 6 heteroatoms. The Kier molecular flexibility index (Phi) is 2.34. The number of nitrogens with zero attached hydrogens (tertiary/aromatic N) is 2. The lowest BCUT2D eigenvalue weighted by atomic mass is 10.0. The van der Waals surface area contributed by atoms with E-state index in [1.807, 2.05) is 0 Å². The summed E-state index contributed by atoms with van der Waals surface area (Å²) in [5.74, 6) is 0. The van der Waals surface area contributed by atoms with Gasteiger partial charge in [0.15, 0.2) is 0 Å². The summed E-state index contributed by atoms with van der Waals surface area (Å²) in [6, 6.07) is 0. The second kappa shape index (κ2) is 3.16. The highest BCUT2D eigenvalue weighted by Gasteiger charge is 2.45. The SMILES string of the molecule is CC1(O)CN(S(=O)(=O)N2CCCC2)C1. The van der Waals surface area contributed by atoms with Crippen molar-refractivity contribution in [2.75, 3.05) is 26.2 Å². The summed E-state index contributed by atoms with van der Waals surface area (Å²) in [6.45, 7) is 3.36. The Morgan fingerprint density at radius 3 is 2.07 bits per heavy atom. The second-order valence-corrected chi connectivity index (χ2v) is 6.31. The van der Waals surface area contributed by atoms with Crippen molar-refractivity contribution in [3.05, 3.63) is 0 Å². The van der Waals surface area contributed by atoms with Crippen molar-refractivity contribution in [2.45, 2.75) is 25.4 Å². The molecule has 5 nitrogen and oxygen atoms in total. The van der Waals surface area contributed by atoms with Crippen LogP contribution in [0.3, 0.4) is 0 Å². The van der Waals surface area contributed by atoms with Crippen LogP contribution < -0.4 is 0 Å². The molecular weight excluding hydrogens is 204 g/mol. The van der Waals surface area contributed by atoms with Crippen molar-refractivity contribution in [2.24, 2.45) is 0 Å². The van der Waals surface area contributed by atoms with Crippen molar-refractivity contribution in [3.8, 4) is 0 Å². The molecular formula is C8H16N2O3S. The molecule has 0 aliphatic carbocycles. The number of hydrogen-bond acceptors (Lipinski definition) is 3. The van der Waals surface area contributed by atoms with Gasteiger partial charge in [-0.15, -0.1) is 0 Å². The van der Waals surface area contributed by atoms with E-state index in [9.17, 15) is 13.5 Å². The van der Waals surface area contributed by atoms with Gasteiger partial charge in [0.2, 0.25) is 0 Å². The normalized spacial score (nSPS) is 29.0. The first-order chi connectivity index (χ1) is 6.42. The van der Waals surface area contributed by atoms with E-state index in [4.69, 9.17) is 0 Å². The lowest BCUT2D eigenvalue weighted by Crippen LogP contribution is -2.63. The van der Waals surface area contributed by atoms with Gasteiger partial charge in [-0.2, -0.15) is 17.0 Å². The molecule has 82 valence electrons. The molecule has 0 aromatic carbocycles. The van der Waals surface area contributed by atoms with Gasteiger partial charge in [-0.05, 0) is 19.8 Å². The number of hydrogen-bond donors (Lipinski definition) is 1. The van der Waals surface area contributed by atoms with Crippen LogP contribution in [0.1, 0.15) is 19.8 Å². The van der Waals surface area contributed by atoms with Gasteiger partial charge in [0.1, 0.15) is 0 Å². The minimum Gasteiger partial charge on any atom is -0.387 e. The van der Waals surface area contributed by atoms with E-state index in [2.05, 4.69) is 0 Å². The van der Waals surface area contributed by atoms with Crippen LogP contribution in [0, 0.1) is 0 Å². The lowest BCUT2D eigenvalue weighted by Gasteiger charge is -2.44. The summed E-state index contributed by atoms with van der Waals surface area (Å²) in [5, 5.41) is 9.47. The van der Waals surface area contributed by atoms with Crippen LogP contribution in [0.5, 0.6) is 0 Å². The quantitative estimate of drug-likeness (QED) is 0.675. The van der Waals surface area contributed by atoms with Crippen molar-refractivity contribution in [1.29, 1.82) is 0 Å². The van der Waals surface area contributed by atoms with Gasteiger partial charge < -0.3 is 5.11 Å². The summed E-state index contributed by atoms with van der Waals surface area (Å²) >= 11 is 0. The second-order valence-electron chi connectivity index (χ2n) is 4.38. The van der Waals surface area contributed by atoms with E-state index in [-0.39, 0.29) is 13.1 Å². The molecule has 2 aliphatic heterocycles. The predicted molar refractivity (Wildman–Crippen MR) is 51.9 cm³/mol. The zero-order valence-corrected chi connectivity index (χ0v) is 9.13. The average molecular weight is 220 g/mol. The fourth-order valence-corrected chi connectivity index (χ4v) is 3.89. The summed E-state index contributed by atoms with van der Waals surface area (Å²) in [6.07, 6.45) is 1.90. The minimum absolute atomic E-state index is 0.228. The van der Waals surface area contributed by atoms with Crippen LogP contribution in [0.15, 0.2) is 0 Å². The standard InChI is InChI=1S/C8H16N2O3S/c1-8(11)6-10(7-8)14(12,13)9-4-2-3-5-9/h11H,2-7H2,1H3. The van der Waals surface area contributed by atoms with E-state index < -0.39 is 15.8 Å². The number of rotatable bonds is 2. The van der Waals surface area contributed by atoms with Gasteiger partial charge in [0, 0.05) is 26.2 Å². The third kappa shape index (κ3) is 1.67. The van der Waals surface area contributed by atoms with E-state index in [0.717, 1.165) is 12.8 Å². The zero-order valence-electron chi connectivity index (χ0n) is 8.31. The predicted octanol–water partition coefficient (Wildman–Crippen LogP) is -0.606. The Bertz CT molecular complexity index is 311. The molecule has 0 bridgehead atoms. The molecule has 0 spiro atoms. The molecule has 2 rings (SSSR count). The largest absolute Gasteiger partial charge is 0.387 e. The van der Waals surface area contributed by atoms with E-state index in [1.54, 1.807) is 6.92 Å². The Labute approximate surface area is 84.5 Å². The Balaban J connectivity index is 2.03. The Hall–Kier alpha value is -0.170. The summed E-state index contributed by atoms with van der Waals surface area (Å²) in [4.78, 5) is 0. The summed E-state index contributed by atoms with van der Waals surface area (Å²) in [5.41, 5.74) is -0.827. The third-order valence-corrected chi connectivity index (χ3v) is 4.68. The minimum atomic E-state index is -3.27. The maximum atomic E-state index is 11.8. The molecule has 2 heterocycles. The Morgan fingerprint density at radius 1 is 1.14 bits per heavy atom. The zero-order chi connectivity index (χ0) is 10.4. The Morgan fingerprint density at radius 2 is 1.64 bits per heavy atom. The molecule has 0 amide bonds. The lowest BCUT2D eigenvalue weighted by molar-refractivity contribution is -0.0448. The van der Waals surface area contributed by atoms with Crippen LogP contribution >= 0.6 is 0 Å². The molecule has 0 atom stereocenters. The molecule has 0 aromatic rings. The highest BCUT2D eigenvalue weighted by atomic mass is 32.2. The number of β-amino-alcohol motifs (C(OH)–C–C–N with tert-alkyl or cyclic N) is 1.